The lowest BCUT2D eigenvalue weighted by Gasteiger charge is -2.28. The molecule has 6 heteroatoms. The van der Waals surface area contributed by atoms with Crippen molar-refractivity contribution in [3.05, 3.63) is 77.4 Å². The van der Waals surface area contributed by atoms with Crippen LogP contribution in [0.1, 0.15) is 28.5 Å². The highest BCUT2D eigenvalue weighted by Crippen LogP contribution is 2.43. The van der Waals surface area contributed by atoms with Gasteiger partial charge in [0.15, 0.2) is 23.0 Å². The standard InChI is InChI=1S/C24H26O6/c1-28-18-6-4-5-16(11-18)24(17-8-10-21(27)23(13-17)30-3)19(14-25)15-7-9-20(26)22(12-15)29-2/h4-13,19,24-27H,14H2,1-3H3/t19-,24+/m1/s1. The molecule has 0 unspecified atom stereocenters. The maximum absolute atomic E-state index is 10.4. The van der Waals surface area contributed by atoms with Gasteiger partial charge in [-0.15, -0.1) is 0 Å². The van der Waals surface area contributed by atoms with E-state index in [0.29, 0.717) is 17.2 Å². The second kappa shape index (κ2) is 9.41. The fraction of sp³-hybridized carbons (Fsp3) is 0.250. The Labute approximate surface area is 175 Å². The first-order valence-electron chi connectivity index (χ1n) is 9.51. The maximum Gasteiger partial charge on any atom is 0.160 e. The molecule has 0 aliphatic carbocycles. The first-order valence-corrected chi connectivity index (χ1v) is 9.51. The molecule has 0 aromatic heterocycles. The van der Waals surface area contributed by atoms with E-state index in [2.05, 4.69) is 0 Å². The number of phenolic OH excluding ortho intramolecular Hbond substituents is 2. The highest BCUT2D eigenvalue weighted by Gasteiger charge is 2.28. The van der Waals surface area contributed by atoms with Crippen LogP contribution in [0.15, 0.2) is 60.7 Å². The van der Waals surface area contributed by atoms with E-state index < -0.39 is 0 Å². The summed E-state index contributed by atoms with van der Waals surface area (Å²) < 4.78 is 15.9. The molecule has 0 aliphatic heterocycles. The molecule has 0 amide bonds. The molecule has 0 radical (unpaired) electrons. The van der Waals surface area contributed by atoms with Gasteiger partial charge in [0.1, 0.15) is 5.75 Å². The molecule has 2 atom stereocenters. The van der Waals surface area contributed by atoms with E-state index in [1.807, 2.05) is 30.3 Å². The first-order chi connectivity index (χ1) is 14.5. The van der Waals surface area contributed by atoms with Crippen LogP contribution in [0.2, 0.25) is 0 Å². The molecule has 158 valence electrons. The summed E-state index contributed by atoms with van der Waals surface area (Å²) in [5, 5.41) is 30.4. The van der Waals surface area contributed by atoms with Crippen LogP contribution in [0.4, 0.5) is 0 Å². The van der Waals surface area contributed by atoms with Gasteiger partial charge in [0.05, 0.1) is 27.9 Å². The van der Waals surface area contributed by atoms with Gasteiger partial charge in [0.2, 0.25) is 0 Å². The van der Waals surface area contributed by atoms with Crippen molar-refractivity contribution in [1.82, 2.24) is 0 Å². The Bertz CT molecular complexity index is 1000. The average molecular weight is 410 g/mol. The van der Waals surface area contributed by atoms with Gasteiger partial charge in [-0.25, -0.2) is 0 Å². The molecule has 3 rings (SSSR count). The minimum absolute atomic E-state index is 0.0298. The summed E-state index contributed by atoms with van der Waals surface area (Å²) in [4.78, 5) is 0. The van der Waals surface area contributed by atoms with Crippen LogP contribution >= 0.6 is 0 Å². The number of hydrogen-bond donors (Lipinski definition) is 3. The summed E-state index contributed by atoms with van der Waals surface area (Å²) in [5.74, 6) is 0.802. The second-order valence-electron chi connectivity index (χ2n) is 6.91. The van der Waals surface area contributed by atoms with E-state index >= 15 is 0 Å². The largest absolute Gasteiger partial charge is 0.504 e. The lowest BCUT2D eigenvalue weighted by molar-refractivity contribution is 0.254. The Balaban J connectivity index is 2.19. The molecule has 6 nitrogen and oxygen atoms in total. The van der Waals surface area contributed by atoms with E-state index in [0.717, 1.165) is 16.7 Å². The fourth-order valence-electron chi connectivity index (χ4n) is 3.71. The topological polar surface area (TPSA) is 88.4 Å². The van der Waals surface area contributed by atoms with Crippen molar-refractivity contribution in [2.75, 3.05) is 27.9 Å². The van der Waals surface area contributed by atoms with Crippen LogP contribution in [0.25, 0.3) is 0 Å². The van der Waals surface area contributed by atoms with Crippen molar-refractivity contribution >= 4 is 0 Å². The van der Waals surface area contributed by atoms with Crippen molar-refractivity contribution < 1.29 is 29.5 Å². The zero-order valence-corrected chi connectivity index (χ0v) is 17.2. The Morgan fingerprint density at radius 1 is 0.700 bits per heavy atom. The molecule has 3 aromatic rings. The number of aliphatic hydroxyl groups excluding tert-OH is 1. The van der Waals surface area contributed by atoms with E-state index in [4.69, 9.17) is 14.2 Å². The van der Waals surface area contributed by atoms with Gasteiger partial charge in [-0.1, -0.05) is 24.3 Å². The van der Waals surface area contributed by atoms with Gasteiger partial charge in [-0.3, -0.25) is 0 Å². The maximum atomic E-state index is 10.4. The summed E-state index contributed by atoms with van der Waals surface area (Å²) in [6.07, 6.45) is 0. The zero-order valence-electron chi connectivity index (χ0n) is 17.2. The second-order valence-corrected chi connectivity index (χ2v) is 6.91. The Morgan fingerprint density at radius 2 is 1.27 bits per heavy atom. The van der Waals surface area contributed by atoms with Crippen molar-refractivity contribution in [2.24, 2.45) is 0 Å². The van der Waals surface area contributed by atoms with E-state index in [9.17, 15) is 15.3 Å². The predicted octanol–water partition coefficient (Wildman–Crippen LogP) is 4.03. The van der Waals surface area contributed by atoms with Crippen molar-refractivity contribution in [3.63, 3.8) is 0 Å². The molecule has 3 aromatic carbocycles. The molecule has 0 heterocycles. The molecule has 0 aliphatic rings. The van der Waals surface area contributed by atoms with Crippen LogP contribution in [-0.2, 0) is 0 Å². The number of methoxy groups -OCH3 is 3. The SMILES string of the molecule is COc1cccc([C@@H](c2ccc(O)c(OC)c2)[C@H](CO)c2ccc(O)c(OC)c2)c1. The Morgan fingerprint density at radius 3 is 1.83 bits per heavy atom. The normalized spacial score (nSPS) is 12.8. The number of aromatic hydroxyl groups is 2. The van der Waals surface area contributed by atoms with Gasteiger partial charge < -0.3 is 29.5 Å². The van der Waals surface area contributed by atoms with E-state index in [-0.39, 0.29) is 29.9 Å². The first kappa shape index (κ1) is 21.3. The van der Waals surface area contributed by atoms with Crippen LogP contribution in [0, 0.1) is 0 Å². The lowest BCUT2D eigenvalue weighted by Crippen LogP contribution is -2.17. The van der Waals surface area contributed by atoms with Crippen LogP contribution < -0.4 is 14.2 Å². The molecule has 3 N–H and O–H groups in total. The van der Waals surface area contributed by atoms with Gasteiger partial charge in [-0.2, -0.15) is 0 Å². The summed E-state index contributed by atoms with van der Waals surface area (Å²) in [6.45, 7) is -0.154. The number of ether oxygens (including phenoxy) is 3. The van der Waals surface area contributed by atoms with Gasteiger partial charge in [0, 0.05) is 11.8 Å². The fourth-order valence-corrected chi connectivity index (χ4v) is 3.71. The Kier molecular flexibility index (Phi) is 6.69. The zero-order chi connectivity index (χ0) is 21.7. The molecule has 30 heavy (non-hydrogen) atoms. The lowest BCUT2D eigenvalue weighted by atomic mass is 9.77. The van der Waals surface area contributed by atoms with Crippen LogP contribution in [0.3, 0.4) is 0 Å². The highest BCUT2D eigenvalue weighted by molar-refractivity contribution is 5.50. The van der Waals surface area contributed by atoms with Gasteiger partial charge >= 0.3 is 0 Å². The van der Waals surface area contributed by atoms with Crippen LogP contribution in [-0.4, -0.2) is 43.3 Å². The third kappa shape index (κ3) is 4.28. The highest BCUT2D eigenvalue weighted by atomic mass is 16.5. The molecule has 0 saturated heterocycles. The third-order valence-electron chi connectivity index (χ3n) is 5.25. The smallest absolute Gasteiger partial charge is 0.160 e. The van der Waals surface area contributed by atoms with E-state index in [1.165, 1.54) is 14.2 Å². The molecular formula is C24H26O6. The number of phenols is 2. The van der Waals surface area contributed by atoms with Crippen LogP contribution in [0.5, 0.6) is 28.7 Å². The molecule has 0 bridgehead atoms. The molecule has 0 saturated carbocycles. The van der Waals surface area contributed by atoms with Crippen molar-refractivity contribution in [1.29, 1.82) is 0 Å². The van der Waals surface area contributed by atoms with Crippen molar-refractivity contribution in [2.45, 2.75) is 11.8 Å². The number of aliphatic hydroxyl groups is 1. The summed E-state index contributed by atoms with van der Waals surface area (Å²) in [7, 11) is 4.58. The summed E-state index contributed by atoms with van der Waals surface area (Å²) in [6, 6.07) is 17.8. The molecule has 0 spiro atoms. The molecule has 0 fully saturated rings. The molecular weight excluding hydrogens is 384 g/mol. The van der Waals surface area contributed by atoms with Gasteiger partial charge in [-0.05, 0) is 53.1 Å². The summed E-state index contributed by atoms with van der Waals surface area (Å²) in [5.41, 5.74) is 2.57. The average Bonchev–Trinajstić information content (AvgIpc) is 2.78. The Hall–Kier alpha value is -3.38. The van der Waals surface area contributed by atoms with Crippen molar-refractivity contribution in [3.8, 4) is 28.7 Å². The number of benzene rings is 3. The van der Waals surface area contributed by atoms with Gasteiger partial charge in [0.25, 0.3) is 0 Å². The number of hydrogen-bond acceptors (Lipinski definition) is 6. The summed E-state index contributed by atoms with van der Waals surface area (Å²) >= 11 is 0. The third-order valence-corrected chi connectivity index (χ3v) is 5.25. The monoisotopic (exact) mass is 410 g/mol. The number of rotatable bonds is 8. The minimum Gasteiger partial charge on any atom is -0.504 e. The predicted molar refractivity (Wildman–Crippen MR) is 114 cm³/mol. The quantitative estimate of drug-likeness (QED) is 0.520. The minimum atomic E-state index is -0.360. The van der Waals surface area contributed by atoms with E-state index in [1.54, 1.807) is 37.4 Å².